The third-order valence-electron chi connectivity index (χ3n) is 4.28. The van der Waals surface area contributed by atoms with E-state index < -0.39 is 21.9 Å². The SMILES string of the molecule is Cc1ccc(F)cc1S(=O)(=O)N1CSC[C@@H]1C(=O)N1CCCC1. The molecule has 0 spiro atoms. The van der Waals surface area contributed by atoms with Gasteiger partial charge in [-0.25, -0.2) is 12.8 Å². The summed E-state index contributed by atoms with van der Waals surface area (Å²) in [5.41, 5.74) is 0.482. The van der Waals surface area contributed by atoms with Crippen molar-refractivity contribution in [2.75, 3.05) is 24.7 Å². The van der Waals surface area contributed by atoms with Crippen LogP contribution in [0.1, 0.15) is 18.4 Å². The molecule has 0 radical (unpaired) electrons. The molecule has 8 heteroatoms. The number of carbonyl (C=O) groups is 1. The number of halogens is 1. The molecule has 2 fully saturated rings. The molecule has 2 heterocycles. The van der Waals surface area contributed by atoms with E-state index in [-0.39, 0.29) is 16.7 Å². The smallest absolute Gasteiger partial charge is 0.244 e. The molecule has 5 nitrogen and oxygen atoms in total. The first-order valence-electron chi connectivity index (χ1n) is 7.56. The first kappa shape index (κ1) is 16.7. The zero-order chi connectivity index (χ0) is 16.6. The van der Waals surface area contributed by atoms with E-state index in [1.165, 1.54) is 28.2 Å². The van der Waals surface area contributed by atoms with Gasteiger partial charge in [0.05, 0.1) is 10.8 Å². The summed E-state index contributed by atoms with van der Waals surface area (Å²) in [6.07, 6.45) is 1.92. The van der Waals surface area contributed by atoms with E-state index in [1.807, 2.05) is 0 Å². The van der Waals surface area contributed by atoms with Crippen molar-refractivity contribution in [3.63, 3.8) is 0 Å². The molecule has 1 aromatic carbocycles. The van der Waals surface area contributed by atoms with Gasteiger partial charge in [0.1, 0.15) is 11.9 Å². The Morgan fingerprint density at radius 1 is 1.30 bits per heavy atom. The minimum atomic E-state index is -3.89. The summed E-state index contributed by atoms with van der Waals surface area (Å²) in [7, 11) is -3.89. The maximum absolute atomic E-state index is 13.5. The van der Waals surface area contributed by atoms with Crippen LogP contribution < -0.4 is 0 Å². The minimum Gasteiger partial charge on any atom is -0.341 e. The quantitative estimate of drug-likeness (QED) is 0.827. The molecule has 1 aromatic rings. The van der Waals surface area contributed by atoms with Gasteiger partial charge in [0.25, 0.3) is 0 Å². The Morgan fingerprint density at radius 3 is 2.70 bits per heavy atom. The van der Waals surface area contributed by atoms with Crippen LogP contribution in [0.5, 0.6) is 0 Å². The van der Waals surface area contributed by atoms with Crippen molar-refractivity contribution in [1.82, 2.24) is 9.21 Å². The summed E-state index contributed by atoms with van der Waals surface area (Å²) < 4.78 is 40.5. The number of hydrogen-bond acceptors (Lipinski definition) is 4. The van der Waals surface area contributed by atoms with Crippen molar-refractivity contribution < 1.29 is 17.6 Å². The number of benzene rings is 1. The van der Waals surface area contributed by atoms with Crippen molar-refractivity contribution >= 4 is 27.7 Å². The summed E-state index contributed by atoms with van der Waals surface area (Å²) in [4.78, 5) is 14.3. The van der Waals surface area contributed by atoms with E-state index in [1.54, 1.807) is 11.8 Å². The van der Waals surface area contributed by atoms with E-state index in [2.05, 4.69) is 0 Å². The number of carbonyl (C=O) groups excluding carboxylic acids is 1. The maximum atomic E-state index is 13.5. The highest BCUT2D eigenvalue weighted by molar-refractivity contribution is 8.00. The summed E-state index contributed by atoms with van der Waals surface area (Å²) >= 11 is 1.41. The predicted octanol–water partition coefficient (Wildman–Crippen LogP) is 1.82. The summed E-state index contributed by atoms with van der Waals surface area (Å²) in [5, 5.41) is 0. The molecule has 0 aliphatic carbocycles. The number of likely N-dealkylation sites (tertiary alicyclic amines) is 1. The minimum absolute atomic E-state index is 0.0563. The van der Waals surface area contributed by atoms with Crippen molar-refractivity contribution in [2.24, 2.45) is 0 Å². The van der Waals surface area contributed by atoms with E-state index >= 15 is 0 Å². The van der Waals surface area contributed by atoms with Crippen molar-refractivity contribution in [3.05, 3.63) is 29.6 Å². The van der Waals surface area contributed by atoms with Crippen molar-refractivity contribution in [3.8, 4) is 0 Å². The number of aryl methyl sites for hydroxylation is 1. The van der Waals surface area contributed by atoms with Crippen LogP contribution in [0.3, 0.4) is 0 Å². The molecular formula is C15H19FN2O3S2. The highest BCUT2D eigenvalue weighted by atomic mass is 32.2. The van der Waals surface area contributed by atoms with Crippen LogP contribution in [0.4, 0.5) is 4.39 Å². The average molecular weight is 358 g/mol. The second-order valence-corrected chi connectivity index (χ2v) is 8.71. The fourth-order valence-corrected chi connectivity index (χ4v) is 6.36. The van der Waals surface area contributed by atoms with Gasteiger partial charge < -0.3 is 4.90 Å². The van der Waals surface area contributed by atoms with Gasteiger partial charge in [-0.3, -0.25) is 4.79 Å². The van der Waals surface area contributed by atoms with Crippen LogP contribution in [-0.4, -0.2) is 54.3 Å². The molecule has 1 atom stereocenters. The van der Waals surface area contributed by atoms with Gasteiger partial charge in [-0.1, -0.05) is 6.07 Å². The molecule has 23 heavy (non-hydrogen) atoms. The third kappa shape index (κ3) is 3.12. The Morgan fingerprint density at radius 2 is 2.00 bits per heavy atom. The Kier molecular flexibility index (Phi) is 4.66. The molecular weight excluding hydrogens is 339 g/mol. The van der Waals surface area contributed by atoms with Gasteiger partial charge in [0.2, 0.25) is 15.9 Å². The largest absolute Gasteiger partial charge is 0.341 e. The van der Waals surface area contributed by atoms with Gasteiger partial charge in [-0.05, 0) is 37.5 Å². The van der Waals surface area contributed by atoms with Crippen LogP contribution in [-0.2, 0) is 14.8 Å². The molecule has 2 aliphatic heterocycles. The number of amides is 1. The lowest BCUT2D eigenvalue weighted by atomic mass is 10.2. The van der Waals surface area contributed by atoms with Gasteiger partial charge in [0.15, 0.2) is 0 Å². The van der Waals surface area contributed by atoms with E-state index in [9.17, 15) is 17.6 Å². The molecule has 126 valence electrons. The summed E-state index contributed by atoms with van der Waals surface area (Å²) in [5.74, 6) is -0.0561. The highest BCUT2D eigenvalue weighted by Gasteiger charge is 2.42. The van der Waals surface area contributed by atoms with Crippen LogP contribution in [0, 0.1) is 12.7 Å². The molecule has 1 amide bonds. The van der Waals surface area contributed by atoms with Crippen molar-refractivity contribution in [2.45, 2.75) is 30.7 Å². The molecule has 0 aromatic heterocycles. The van der Waals surface area contributed by atoms with Crippen molar-refractivity contribution in [1.29, 1.82) is 0 Å². The Bertz CT molecular complexity index is 717. The number of nitrogens with zero attached hydrogens (tertiary/aromatic N) is 2. The number of hydrogen-bond donors (Lipinski definition) is 0. The molecule has 3 rings (SSSR count). The normalized spacial score (nSPS) is 22.7. The lowest BCUT2D eigenvalue weighted by Crippen LogP contribution is -2.48. The van der Waals surface area contributed by atoms with Gasteiger partial charge in [-0.2, -0.15) is 4.31 Å². The van der Waals surface area contributed by atoms with E-state index in [0.29, 0.717) is 24.4 Å². The topological polar surface area (TPSA) is 57.7 Å². The zero-order valence-corrected chi connectivity index (χ0v) is 14.5. The van der Waals surface area contributed by atoms with Gasteiger partial charge in [0, 0.05) is 18.8 Å². The van der Waals surface area contributed by atoms with Gasteiger partial charge >= 0.3 is 0 Å². The Labute approximate surface area is 139 Å². The summed E-state index contributed by atoms with van der Waals surface area (Å²) in [6.45, 7) is 3.01. The zero-order valence-electron chi connectivity index (χ0n) is 12.9. The second kappa shape index (κ2) is 6.41. The fraction of sp³-hybridized carbons (Fsp3) is 0.533. The molecule has 2 aliphatic rings. The number of rotatable bonds is 3. The number of sulfonamides is 1. The second-order valence-electron chi connectivity index (χ2n) is 5.85. The summed E-state index contributed by atoms with van der Waals surface area (Å²) in [6, 6.07) is 3.03. The predicted molar refractivity (Wildman–Crippen MR) is 87.1 cm³/mol. The monoisotopic (exact) mass is 358 g/mol. The van der Waals surface area contributed by atoms with E-state index in [4.69, 9.17) is 0 Å². The van der Waals surface area contributed by atoms with Crippen LogP contribution in [0.2, 0.25) is 0 Å². The molecule has 2 saturated heterocycles. The van der Waals surface area contributed by atoms with E-state index in [0.717, 1.165) is 18.9 Å². The van der Waals surface area contributed by atoms with Crippen LogP contribution in [0.25, 0.3) is 0 Å². The first-order chi connectivity index (χ1) is 10.9. The third-order valence-corrected chi connectivity index (χ3v) is 7.45. The fourth-order valence-electron chi connectivity index (χ4n) is 2.99. The lowest BCUT2D eigenvalue weighted by molar-refractivity contribution is -0.133. The first-order valence-corrected chi connectivity index (χ1v) is 10.2. The molecule has 0 N–H and O–H groups in total. The lowest BCUT2D eigenvalue weighted by Gasteiger charge is -2.27. The van der Waals surface area contributed by atoms with Crippen LogP contribution in [0.15, 0.2) is 23.1 Å². The maximum Gasteiger partial charge on any atom is 0.244 e. The average Bonchev–Trinajstić information content (AvgIpc) is 3.20. The molecule has 0 bridgehead atoms. The Balaban J connectivity index is 1.92. The molecule has 0 unspecified atom stereocenters. The van der Waals surface area contributed by atoms with Gasteiger partial charge in [-0.15, -0.1) is 11.8 Å². The Hall–Kier alpha value is -1.12. The number of thioether (sulfide) groups is 1. The highest BCUT2D eigenvalue weighted by Crippen LogP contribution is 2.31. The molecule has 0 saturated carbocycles. The standard InChI is InChI=1S/C15H19FN2O3S2/c1-11-4-5-12(16)8-14(11)23(20,21)18-10-22-9-13(18)15(19)17-6-2-3-7-17/h4-5,8,13H,2-3,6-7,9-10H2,1H3/t13-/m1/s1. The van der Waals surface area contributed by atoms with Crippen LogP contribution >= 0.6 is 11.8 Å².